The molecule has 0 spiro atoms. The zero-order valence-corrected chi connectivity index (χ0v) is 8.17. The quantitative estimate of drug-likeness (QED) is 0.752. The summed E-state index contributed by atoms with van der Waals surface area (Å²) in [6, 6.07) is 0. The third-order valence-corrected chi connectivity index (χ3v) is 3.12. The first kappa shape index (κ1) is 12.7. The minimum atomic E-state index is -4.29. The van der Waals surface area contributed by atoms with Crippen molar-refractivity contribution in [3.05, 3.63) is 0 Å². The first-order chi connectivity index (χ1) is 5.63. The average molecular weight is 219 g/mol. The zero-order valence-electron chi connectivity index (χ0n) is 7.35. The molecule has 13 heavy (non-hydrogen) atoms. The molecule has 80 valence electrons. The van der Waals surface area contributed by atoms with Gasteiger partial charge in [-0.15, -0.1) is 0 Å². The minimum Gasteiger partial charge on any atom is -0.307 e. The highest BCUT2D eigenvalue weighted by atomic mass is 32.2. The van der Waals surface area contributed by atoms with Crippen molar-refractivity contribution in [2.45, 2.75) is 18.3 Å². The van der Waals surface area contributed by atoms with Crippen molar-refractivity contribution in [3.8, 4) is 0 Å². The minimum absolute atomic E-state index is 0.182. The van der Waals surface area contributed by atoms with Gasteiger partial charge in [-0.3, -0.25) is 0 Å². The Labute approximate surface area is 75.2 Å². The number of nitrogens with one attached hydrogen (secondary N) is 1. The molecule has 0 saturated carbocycles. The van der Waals surface area contributed by atoms with Gasteiger partial charge in [-0.1, -0.05) is 0 Å². The monoisotopic (exact) mass is 219 g/mol. The molecule has 0 aromatic rings. The van der Waals surface area contributed by atoms with Crippen LogP contribution in [0.2, 0.25) is 0 Å². The number of hydrogen-bond donors (Lipinski definition) is 1. The van der Waals surface area contributed by atoms with Crippen molar-refractivity contribution < 1.29 is 21.6 Å². The molecule has 0 rings (SSSR count). The lowest BCUT2D eigenvalue weighted by molar-refractivity contribution is -0.124. The first-order valence-corrected chi connectivity index (χ1v) is 5.55. The van der Waals surface area contributed by atoms with E-state index >= 15 is 0 Å². The number of halogens is 3. The Morgan fingerprint density at radius 3 is 2.15 bits per heavy atom. The van der Waals surface area contributed by atoms with Crippen LogP contribution in [0.15, 0.2) is 0 Å². The fraction of sp³-hybridized carbons (Fsp3) is 1.00. The van der Waals surface area contributed by atoms with Gasteiger partial charge in [0, 0.05) is 12.8 Å². The molecule has 0 radical (unpaired) electrons. The largest absolute Gasteiger partial charge is 0.401 e. The molecule has 7 heteroatoms. The number of rotatable bonds is 4. The van der Waals surface area contributed by atoms with Crippen molar-refractivity contribution in [2.75, 3.05) is 19.3 Å². The molecule has 0 aliphatic rings. The Bertz CT molecular complexity index is 247. The maximum Gasteiger partial charge on any atom is 0.401 e. The van der Waals surface area contributed by atoms with Crippen LogP contribution < -0.4 is 5.32 Å². The molecule has 0 fully saturated rings. The molecular formula is C6H12F3NO2S. The Balaban J connectivity index is 3.80. The average Bonchev–Trinajstić information content (AvgIpc) is 1.82. The second kappa shape index (κ2) is 4.28. The summed E-state index contributed by atoms with van der Waals surface area (Å²) in [6.45, 7) is 0.0178. The van der Waals surface area contributed by atoms with Crippen LogP contribution in [0.5, 0.6) is 0 Å². The molecule has 1 atom stereocenters. The predicted molar refractivity (Wildman–Crippen MR) is 43.2 cm³/mol. The molecule has 0 aliphatic heterocycles. The highest BCUT2D eigenvalue weighted by Gasteiger charge is 2.27. The summed E-state index contributed by atoms with van der Waals surface area (Å²) in [5.41, 5.74) is 0. The van der Waals surface area contributed by atoms with Gasteiger partial charge in [0.05, 0.1) is 11.8 Å². The fourth-order valence-electron chi connectivity index (χ4n) is 0.569. The molecular weight excluding hydrogens is 207 g/mol. The lowest BCUT2D eigenvalue weighted by atomic mass is 10.4. The van der Waals surface area contributed by atoms with Crippen molar-refractivity contribution in [3.63, 3.8) is 0 Å². The Morgan fingerprint density at radius 2 is 1.85 bits per heavy atom. The second-order valence-corrected chi connectivity index (χ2v) is 5.35. The van der Waals surface area contributed by atoms with Crippen LogP contribution in [0.25, 0.3) is 0 Å². The second-order valence-electron chi connectivity index (χ2n) is 2.89. The van der Waals surface area contributed by atoms with Crippen molar-refractivity contribution in [1.29, 1.82) is 0 Å². The van der Waals surface area contributed by atoms with E-state index in [1.165, 1.54) is 6.92 Å². The van der Waals surface area contributed by atoms with Crippen LogP contribution >= 0.6 is 0 Å². The van der Waals surface area contributed by atoms with E-state index in [4.69, 9.17) is 0 Å². The van der Waals surface area contributed by atoms with Gasteiger partial charge in [0.25, 0.3) is 0 Å². The van der Waals surface area contributed by atoms with Crippen molar-refractivity contribution in [2.24, 2.45) is 0 Å². The van der Waals surface area contributed by atoms with Crippen LogP contribution in [0, 0.1) is 0 Å². The van der Waals surface area contributed by atoms with Crippen LogP contribution in [-0.2, 0) is 9.84 Å². The van der Waals surface area contributed by atoms with Crippen LogP contribution in [0.3, 0.4) is 0 Å². The Morgan fingerprint density at radius 1 is 1.38 bits per heavy atom. The van der Waals surface area contributed by atoms with E-state index < -0.39 is 27.8 Å². The third kappa shape index (κ3) is 6.83. The van der Waals surface area contributed by atoms with Crippen LogP contribution in [-0.4, -0.2) is 39.2 Å². The van der Waals surface area contributed by atoms with Gasteiger partial charge in [0.1, 0.15) is 0 Å². The van der Waals surface area contributed by atoms with Gasteiger partial charge >= 0.3 is 6.18 Å². The maximum absolute atomic E-state index is 11.6. The molecule has 0 amide bonds. The summed E-state index contributed by atoms with van der Waals surface area (Å²) in [4.78, 5) is 0. The molecule has 1 N–H and O–H groups in total. The topological polar surface area (TPSA) is 46.2 Å². The van der Waals surface area contributed by atoms with E-state index in [9.17, 15) is 21.6 Å². The lowest BCUT2D eigenvalue weighted by Crippen LogP contribution is -2.36. The molecule has 0 aromatic carbocycles. The third-order valence-electron chi connectivity index (χ3n) is 1.49. The van der Waals surface area contributed by atoms with E-state index in [-0.39, 0.29) is 6.54 Å². The van der Waals surface area contributed by atoms with Crippen molar-refractivity contribution in [1.82, 2.24) is 5.32 Å². The van der Waals surface area contributed by atoms with Gasteiger partial charge in [0.15, 0.2) is 9.84 Å². The normalized spacial score (nSPS) is 15.8. The number of alkyl halides is 3. The smallest absolute Gasteiger partial charge is 0.307 e. The summed E-state index contributed by atoms with van der Waals surface area (Å²) in [5.74, 6) is 0. The van der Waals surface area contributed by atoms with E-state index in [0.29, 0.717) is 0 Å². The Kier molecular flexibility index (Phi) is 4.18. The number of sulfone groups is 1. The molecule has 0 saturated heterocycles. The van der Waals surface area contributed by atoms with Crippen LogP contribution in [0.4, 0.5) is 13.2 Å². The summed E-state index contributed by atoms with van der Waals surface area (Å²) in [6.07, 6.45) is -3.30. The summed E-state index contributed by atoms with van der Waals surface area (Å²) in [7, 11) is -3.25. The van der Waals surface area contributed by atoms with E-state index in [1.807, 2.05) is 5.32 Å². The van der Waals surface area contributed by atoms with Crippen molar-refractivity contribution >= 4 is 9.84 Å². The fourth-order valence-corrected chi connectivity index (χ4v) is 0.989. The lowest BCUT2D eigenvalue weighted by Gasteiger charge is -2.11. The SMILES string of the molecule is CC(CNCC(F)(F)F)S(C)(=O)=O. The van der Waals surface area contributed by atoms with E-state index in [2.05, 4.69) is 0 Å². The Hall–Kier alpha value is -0.300. The maximum atomic E-state index is 11.6. The summed E-state index contributed by atoms with van der Waals surface area (Å²) < 4.78 is 56.3. The van der Waals surface area contributed by atoms with Gasteiger partial charge in [0.2, 0.25) is 0 Å². The standard InChI is InChI=1S/C6H12F3NO2S/c1-5(13(2,11)12)3-10-4-6(7,8)9/h5,10H,3-4H2,1-2H3. The van der Waals surface area contributed by atoms with Crippen LogP contribution in [0.1, 0.15) is 6.92 Å². The summed E-state index contributed by atoms with van der Waals surface area (Å²) >= 11 is 0. The molecule has 3 nitrogen and oxygen atoms in total. The molecule has 0 aliphatic carbocycles. The van der Waals surface area contributed by atoms with Gasteiger partial charge in [-0.25, -0.2) is 8.42 Å². The van der Waals surface area contributed by atoms with E-state index in [1.54, 1.807) is 0 Å². The van der Waals surface area contributed by atoms with Gasteiger partial charge in [-0.2, -0.15) is 13.2 Å². The molecule has 0 heterocycles. The molecule has 0 bridgehead atoms. The van der Waals surface area contributed by atoms with Gasteiger partial charge in [-0.05, 0) is 6.92 Å². The van der Waals surface area contributed by atoms with E-state index in [0.717, 1.165) is 6.26 Å². The molecule has 0 aromatic heterocycles. The highest BCUT2D eigenvalue weighted by Crippen LogP contribution is 2.12. The van der Waals surface area contributed by atoms with Gasteiger partial charge < -0.3 is 5.32 Å². The zero-order chi connectivity index (χ0) is 10.7. The predicted octanol–water partition coefficient (Wildman–Crippen LogP) is 0.571. The number of hydrogen-bond acceptors (Lipinski definition) is 3. The molecule has 1 unspecified atom stereocenters. The highest BCUT2D eigenvalue weighted by molar-refractivity contribution is 7.91. The summed E-state index contributed by atoms with van der Waals surface area (Å²) in [5, 5.41) is 1.23. The first-order valence-electron chi connectivity index (χ1n) is 3.59.